The summed E-state index contributed by atoms with van der Waals surface area (Å²) in [4.78, 5) is 8.81. The quantitative estimate of drug-likeness (QED) is 0.373. The average molecular weight is 437 g/mol. The molecule has 128 valence electrons. The zero-order chi connectivity index (χ0) is 17.6. The summed E-state index contributed by atoms with van der Waals surface area (Å²) < 4.78 is 10.6. The van der Waals surface area contributed by atoms with Crippen molar-refractivity contribution in [3.8, 4) is 0 Å². The number of halogens is 1. The van der Waals surface area contributed by atoms with Gasteiger partial charge in [0.2, 0.25) is 0 Å². The molecule has 0 atom stereocenters. The molecular formula is C20H24INO2. The van der Waals surface area contributed by atoms with Crippen molar-refractivity contribution in [3.05, 3.63) is 65.2 Å². The topological polar surface area (TPSA) is 46.2 Å². The number of hydrogen-bond acceptors (Lipinski definition) is 3. The van der Waals surface area contributed by atoms with Gasteiger partial charge in [0.05, 0.1) is 0 Å². The van der Waals surface area contributed by atoms with Gasteiger partial charge in [-0.15, -0.1) is 0 Å². The first kappa shape index (κ1) is 20.2. The predicted molar refractivity (Wildman–Crippen MR) is 111 cm³/mol. The minimum Gasteiger partial charge on any atom is -0.380 e. The summed E-state index contributed by atoms with van der Waals surface area (Å²) in [6.07, 6.45) is 6.19. The fourth-order valence-electron chi connectivity index (χ4n) is 2.11. The number of aldehydes is 1. The van der Waals surface area contributed by atoms with E-state index in [4.69, 9.17) is 4.79 Å². The van der Waals surface area contributed by atoms with Crippen molar-refractivity contribution < 1.29 is 7.86 Å². The molecule has 1 aliphatic heterocycles. The molecule has 0 bridgehead atoms. The molecule has 0 aliphatic carbocycles. The van der Waals surface area contributed by atoms with Gasteiger partial charge in [-0.05, 0) is 36.1 Å². The van der Waals surface area contributed by atoms with E-state index in [1.165, 1.54) is 29.3 Å². The van der Waals surface area contributed by atoms with Crippen molar-refractivity contribution in [1.29, 1.82) is 0 Å². The lowest BCUT2D eigenvalue weighted by Gasteiger charge is -2.14. The number of nitrogens with one attached hydrogen (secondary N) is 1. The summed E-state index contributed by atoms with van der Waals surface area (Å²) in [6, 6.07) is 16.9. The molecule has 4 heteroatoms. The summed E-state index contributed by atoms with van der Waals surface area (Å²) in [5.41, 5.74) is 5.09. The predicted octanol–water partition coefficient (Wildman–Crippen LogP) is 5.70. The van der Waals surface area contributed by atoms with Crippen LogP contribution in [0.5, 0.6) is 0 Å². The van der Waals surface area contributed by atoms with Crippen LogP contribution < -0.4 is 5.32 Å². The molecule has 0 aromatic heterocycles. The van der Waals surface area contributed by atoms with Gasteiger partial charge in [-0.3, -0.25) is 3.07 Å². The van der Waals surface area contributed by atoms with E-state index in [-0.39, 0.29) is 0 Å². The van der Waals surface area contributed by atoms with Crippen LogP contribution in [0.1, 0.15) is 37.0 Å². The molecule has 1 aliphatic rings. The average Bonchev–Trinajstić information content (AvgIpc) is 2.59. The van der Waals surface area contributed by atoms with Crippen LogP contribution in [0.15, 0.2) is 48.5 Å². The van der Waals surface area contributed by atoms with Gasteiger partial charge in [-0.25, -0.2) is 0 Å². The van der Waals surface area contributed by atoms with Gasteiger partial charge in [0.25, 0.3) is 0 Å². The molecule has 0 unspecified atom stereocenters. The summed E-state index contributed by atoms with van der Waals surface area (Å²) >= 11 is -0.643. The molecule has 1 heterocycles. The number of para-hydroxylation sites is 1. The molecule has 3 rings (SSSR count). The Bertz CT molecular complexity index is 619. The van der Waals surface area contributed by atoms with Crippen molar-refractivity contribution in [1.82, 2.24) is 0 Å². The van der Waals surface area contributed by atoms with E-state index in [0.29, 0.717) is 0 Å². The van der Waals surface area contributed by atoms with Crippen LogP contribution in [0.25, 0.3) is 12.2 Å². The highest BCUT2D eigenvalue weighted by atomic mass is 127. The molecule has 1 N–H and O–H groups in total. The maximum atomic E-state index is 9.64. The van der Waals surface area contributed by atoms with E-state index in [2.05, 4.69) is 66.0 Å². The highest BCUT2D eigenvalue weighted by Gasteiger charge is 2.04. The Labute approximate surface area is 154 Å². The number of carbonyl (C=O) groups is 1. The second-order valence-electron chi connectivity index (χ2n) is 5.01. The molecule has 24 heavy (non-hydrogen) atoms. The third-order valence-corrected chi connectivity index (χ3v) is 4.71. The van der Waals surface area contributed by atoms with Gasteiger partial charge in [0.1, 0.15) is 27.5 Å². The Morgan fingerprint density at radius 2 is 1.62 bits per heavy atom. The molecule has 2 aromatic carbocycles. The van der Waals surface area contributed by atoms with E-state index >= 15 is 0 Å². The van der Waals surface area contributed by atoms with Gasteiger partial charge < -0.3 is 10.1 Å². The molecule has 0 saturated carbocycles. The van der Waals surface area contributed by atoms with Gasteiger partial charge in [-0.2, -0.15) is 0 Å². The number of carbonyl (C=O) groups excluding carboxylic acids is 1. The maximum absolute atomic E-state index is 9.64. The Balaban J connectivity index is 0.000000307. The Morgan fingerprint density at radius 3 is 2.25 bits per heavy atom. The first-order valence-corrected chi connectivity index (χ1v) is 10.4. The van der Waals surface area contributed by atoms with E-state index in [0.717, 1.165) is 23.7 Å². The fraction of sp³-hybridized carbons (Fsp3) is 0.250. The number of alkyl halides is 1. The number of fused-ring (bicyclic) bond motifs is 2. The molecule has 0 radical (unpaired) electrons. The van der Waals surface area contributed by atoms with Crippen molar-refractivity contribution in [2.75, 3.05) is 9.74 Å². The Kier molecular flexibility index (Phi) is 10.6. The van der Waals surface area contributed by atoms with Crippen LogP contribution in [-0.4, -0.2) is 10.7 Å². The molecule has 3 nitrogen and oxygen atoms in total. The minimum atomic E-state index is -0.643. The second kappa shape index (κ2) is 12.6. The largest absolute Gasteiger partial charge is 0.380 e. The van der Waals surface area contributed by atoms with Crippen molar-refractivity contribution in [2.45, 2.75) is 26.8 Å². The van der Waals surface area contributed by atoms with Crippen molar-refractivity contribution in [2.24, 2.45) is 0 Å². The van der Waals surface area contributed by atoms with Crippen LogP contribution in [0, 0.1) is 0 Å². The standard InChI is InChI=1S/C15H13N.C3H7IO.C2H4O/c1-2-7-14-11-16-15-8-4-3-6-13(15)10-9-12(14)5-1;1-2-3-4-5;1-2-3/h1-10,16H,11H2;2-3H2,1H3;2H,1H3/b10-9-;;. The van der Waals surface area contributed by atoms with Gasteiger partial charge >= 0.3 is 0 Å². The molecule has 2 aromatic rings. The fourth-order valence-corrected chi connectivity index (χ4v) is 2.55. The number of anilines is 1. The van der Waals surface area contributed by atoms with Gasteiger partial charge in [0, 0.05) is 16.7 Å². The highest BCUT2D eigenvalue weighted by molar-refractivity contribution is 14.1. The zero-order valence-electron chi connectivity index (χ0n) is 14.2. The van der Waals surface area contributed by atoms with E-state index in [9.17, 15) is 3.07 Å². The molecule has 0 amide bonds. The first-order valence-electron chi connectivity index (χ1n) is 7.96. The van der Waals surface area contributed by atoms with Crippen LogP contribution in [0.4, 0.5) is 5.69 Å². The van der Waals surface area contributed by atoms with Gasteiger partial charge in [0.15, 0.2) is 0 Å². The normalized spacial score (nSPS) is 12.2. The third kappa shape index (κ3) is 7.17. The molecule has 0 spiro atoms. The summed E-state index contributed by atoms with van der Waals surface area (Å²) in [5.74, 6) is 0. The van der Waals surface area contributed by atoms with E-state index in [1.807, 2.05) is 6.92 Å². The lowest BCUT2D eigenvalue weighted by atomic mass is 10.0. The Hall–Kier alpha value is -1.82. The number of rotatable bonds is 2. The summed E-state index contributed by atoms with van der Waals surface area (Å²) in [7, 11) is 0. The van der Waals surface area contributed by atoms with E-state index < -0.39 is 21.2 Å². The number of hydrogen-bond donors (Lipinski definition) is 1. The van der Waals surface area contributed by atoms with Crippen molar-refractivity contribution in [3.63, 3.8) is 0 Å². The van der Waals surface area contributed by atoms with Crippen LogP contribution >= 0.6 is 21.2 Å². The third-order valence-electron chi connectivity index (χ3n) is 3.19. The SMILES string of the molecule is C1=C\c2ccccc2NCc2ccccc2/1.CC=O.CCCI=O. The van der Waals surface area contributed by atoms with E-state index in [1.54, 1.807) is 0 Å². The lowest BCUT2D eigenvalue weighted by Crippen LogP contribution is -2.03. The highest BCUT2D eigenvalue weighted by Crippen LogP contribution is 2.23. The first-order chi connectivity index (χ1) is 11.8. The molecular weight excluding hydrogens is 413 g/mol. The monoisotopic (exact) mass is 437 g/mol. The smallest absolute Gasteiger partial charge is 0.144 e. The minimum absolute atomic E-state index is 0.643. The van der Waals surface area contributed by atoms with Crippen LogP contribution in [0.2, 0.25) is 0 Å². The zero-order valence-corrected chi connectivity index (χ0v) is 16.3. The Morgan fingerprint density at radius 1 is 1.04 bits per heavy atom. The maximum Gasteiger partial charge on any atom is 0.144 e. The number of benzene rings is 2. The van der Waals surface area contributed by atoms with Crippen molar-refractivity contribution >= 4 is 45.3 Å². The molecule has 0 fully saturated rings. The summed E-state index contributed by atoms with van der Waals surface area (Å²) in [5, 5.41) is 3.47. The van der Waals surface area contributed by atoms with Gasteiger partial charge in [-0.1, -0.05) is 61.5 Å². The summed E-state index contributed by atoms with van der Waals surface area (Å²) in [6.45, 7) is 4.37. The molecule has 0 saturated heterocycles. The van der Waals surface area contributed by atoms with Crippen LogP contribution in [0.3, 0.4) is 0 Å². The lowest BCUT2D eigenvalue weighted by molar-refractivity contribution is -0.106. The second-order valence-corrected chi connectivity index (χ2v) is 6.71. The van der Waals surface area contributed by atoms with Crippen LogP contribution in [-0.2, 0) is 14.4 Å².